The summed E-state index contributed by atoms with van der Waals surface area (Å²) in [5.41, 5.74) is 0.707. The number of carbonyl (C=O) groups is 1. The van der Waals surface area contributed by atoms with Gasteiger partial charge in [-0.3, -0.25) is 4.79 Å². The second kappa shape index (κ2) is 9.59. The van der Waals surface area contributed by atoms with Gasteiger partial charge in [0.1, 0.15) is 0 Å². The molecule has 106 valence electrons. The summed E-state index contributed by atoms with van der Waals surface area (Å²) in [7, 11) is 0. The molecule has 1 N–H and O–H groups in total. The first-order valence-corrected chi connectivity index (χ1v) is 8.34. The van der Waals surface area contributed by atoms with Gasteiger partial charge >= 0.3 is 0 Å². The molecule has 2 nitrogen and oxygen atoms in total. The molecule has 1 aromatic carbocycles. The van der Waals surface area contributed by atoms with Gasteiger partial charge in [-0.05, 0) is 47.2 Å². The van der Waals surface area contributed by atoms with Gasteiger partial charge in [-0.2, -0.15) is 0 Å². The lowest BCUT2D eigenvalue weighted by atomic mass is 10.1. The molecule has 1 rings (SSSR count). The number of benzene rings is 1. The van der Waals surface area contributed by atoms with Gasteiger partial charge in [-0.1, -0.05) is 50.6 Å². The third kappa shape index (κ3) is 7.16. The van der Waals surface area contributed by atoms with Crippen molar-refractivity contribution in [3.8, 4) is 0 Å². The van der Waals surface area contributed by atoms with E-state index in [2.05, 4.69) is 34.8 Å². The molecule has 0 saturated carbocycles. The summed E-state index contributed by atoms with van der Waals surface area (Å²) in [6.07, 6.45) is 7.72. The van der Waals surface area contributed by atoms with Crippen molar-refractivity contribution in [1.29, 1.82) is 0 Å². The van der Waals surface area contributed by atoms with E-state index in [-0.39, 0.29) is 5.91 Å². The van der Waals surface area contributed by atoms with Crippen LogP contribution in [-0.2, 0) is 4.79 Å². The van der Waals surface area contributed by atoms with Crippen molar-refractivity contribution < 1.29 is 4.79 Å². The fourth-order valence-electron chi connectivity index (χ4n) is 1.87. The summed E-state index contributed by atoms with van der Waals surface area (Å²) < 4.78 is 1.07. The molecule has 0 atom stereocenters. The molecule has 0 aromatic heterocycles. The van der Waals surface area contributed by atoms with Crippen molar-refractivity contribution in [2.75, 3.05) is 5.32 Å². The third-order valence-electron chi connectivity index (χ3n) is 2.96. The Hall–Kier alpha value is -0.290. The molecule has 19 heavy (non-hydrogen) atoms. The Kier molecular flexibility index (Phi) is 8.46. The largest absolute Gasteiger partial charge is 0.325 e. The van der Waals surface area contributed by atoms with E-state index >= 15 is 0 Å². The summed E-state index contributed by atoms with van der Waals surface area (Å²) >= 11 is 8.27. The van der Waals surface area contributed by atoms with E-state index in [4.69, 9.17) is 11.6 Å². The summed E-state index contributed by atoms with van der Waals surface area (Å²) in [5.74, 6) is 0.0543. The highest BCUT2D eigenvalue weighted by molar-refractivity contribution is 14.1. The fraction of sp³-hybridized carbons (Fsp3) is 0.533. The quantitative estimate of drug-likeness (QED) is 0.450. The number of anilines is 1. The van der Waals surface area contributed by atoms with E-state index in [0.717, 1.165) is 16.4 Å². The molecule has 0 spiro atoms. The highest BCUT2D eigenvalue weighted by atomic mass is 127. The van der Waals surface area contributed by atoms with Crippen LogP contribution in [0, 0.1) is 3.57 Å². The van der Waals surface area contributed by atoms with Crippen molar-refractivity contribution >= 4 is 45.8 Å². The number of hydrogen-bond donors (Lipinski definition) is 1. The maximum atomic E-state index is 11.8. The number of rotatable bonds is 8. The molecule has 0 aliphatic carbocycles. The van der Waals surface area contributed by atoms with Gasteiger partial charge in [0, 0.05) is 9.99 Å². The van der Waals surface area contributed by atoms with Gasteiger partial charge in [0.25, 0.3) is 0 Å². The zero-order valence-electron chi connectivity index (χ0n) is 11.3. The van der Waals surface area contributed by atoms with Crippen LogP contribution in [0.1, 0.15) is 51.9 Å². The number of nitrogens with one attached hydrogen (secondary N) is 1. The Morgan fingerprint density at radius 2 is 1.89 bits per heavy atom. The van der Waals surface area contributed by atoms with Crippen LogP contribution in [0.3, 0.4) is 0 Å². The summed E-state index contributed by atoms with van der Waals surface area (Å²) in [6, 6.07) is 5.64. The Balaban J connectivity index is 2.23. The van der Waals surface area contributed by atoms with Crippen LogP contribution in [0.15, 0.2) is 18.2 Å². The SMILES string of the molecule is CCCCCCCCC(=O)Nc1ccc(I)cc1Cl. The van der Waals surface area contributed by atoms with Crippen molar-refractivity contribution in [1.82, 2.24) is 0 Å². The molecule has 0 bridgehead atoms. The van der Waals surface area contributed by atoms with Crippen LogP contribution in [0.2, 0.25) is 5.02 Å². The summed E-state index contributed by atoms with van der Waals surface area (Å²) in [6.45, 7) is 2.21. The van der Waals surface area contributed by atoms with Gasteiger partial charge in [0.15, 0.2) is 0 Å². The molecule has 1 aromatic rings. The molecule has 0 aliphatic heterocycles. The first-order valence-electron chi connectivity index (χ1n) is 6.88. The molecule has 4 heteroatoms. The molecule has 1 amide bonds. The van der Waals surface area contributed by atoms with E-state index in [9.17, 15) is 4.79 Å². The smallest absolute Gasteiger partial charge is 0.224 e. The first kappa shape index (κ1) is 16.8. The maximum Gasteiger partial charge on any atom is 0.224 e. The molecule has 0 heterocycles. The second-order valence-corrected chi connectivity index (χ2v) is 6.34. The number of hydrogen-bond acceptors (Lipinski definition) is 1. The first-order chi connectivity index (χ1) is 9.13. The normalized spacial score (nSPS) is 10.5. The third-order valence-corrected chi connectivity index (χ3v) is 3.95. The lowest BCUT2D eigenvalue weighted by Gasteiger charge is -2.07. The summed E-state index contributed by atoms with van der Waals surface area (Å²) in [5, 5.41) is 3.47. The topological polar surface area (TPSA) is 29.1 Å². The minimum absolute atomic E-state index is 0.0543. The number of unbranched alkanes of at least 4 members (excludes halogenated alkanes) is 5. The van der Waals surface area contributed by atoms with Gasteiger partial charge in [-0.15, -0.1) is 0 Å². The van der Waals surface area contributed by atoms with Crippen molar-refractivity contribution in [2.24, 2.45) is 0 Å². The van der Waals surface area contributed by atoms with Crippen molar-refractivity contribution in [3.63, 3.8) is 0 Å². The van der Waals surface area contributed by atoms with Crippen molar-refractivity contribution in [2.45, 2.75) is 51.9 Å². The Morgan fingerprint density at radius 3 is 2.58 bits per heavy atom. The lowest BCUT2D eigenvalue weighted by Crippen LogP contribution is -2.11. The molecule has 0 radical (unpaired) electrons. The van der Waals surface area contributed by atoms with Crippen LogP contribution in [0.5, 0.6) is 0 Å². The number of halogens is 2. The Labute approximate surface area is 134 Å². The molecule has 0 fully saturated rings. The Morgan fingerprint density at radius 1 is 1.21 bits per heavy atom. The zero-order valence-corrected chi connectivity index (χ0v) is 14.3. The Bertz CT molecular complexity index is 409. The van der Waals surface area contributed by atoms with Crippen LogP contribution < -0.4 is 5.32 Å². The highest BCUT2D eigenvalue weighted by Crippen LogP contribution is 2.24. The van der Waals surface area contributed by atoms with Crippen LogP contribution in [0.4, 0.5) is 5.69 Å². The van der Waals surface area contributed by atoms with Gasteiger partial charge in [0.2, 0.25) is 5.91 Å². The van der Waals surface area contributed by atoms with Crippen molar-refractivity contribution in [3.05, 3.63) is 26.8 Å². The van der Waals surface area contributed by atoms with E-state index in [1.54, 1.807) is 0 Å². The van der Waals surface area contributed by atoms with E-state index in [1.807, 2.05) is 18.2 Å². The van der Waals surface area contributed by atoms with Gasteiger partial charge in [0.05, 0.1) is 10.7 Å². The zero-order chi connectivity index (χ0) is 14.1. The van der Waals surface area contributed by atoms with E-state index < -0.39 is 0 Å². The molecular weight excluding hydrogens is 373 g/mol. The van der Waals surface area contributed by atoms with E-state index in [0.29, 0.717) is 17.1 Å². The predicted octanol–water partition coefficient (Wildman–Crippen LogP) is 5.63. The van der Waals surface area contributed by atoms with Crippen LogP contribution in [0.25, 0.3) is 0 Å². The minimum Gasteiger partial charge on any atom is -0.325 e. The standard InChI is InChI=1S/C15H21ClINO/c1-2-3-4-5-6-7-8-15(19)18-14-10-9-12(17)11-13(14)16/h9-11H,2-8H2,1H3,(H,18,19). The maximum absolute atomic E-state index is 11.8. The average molecular weight is 394 g/mol. The average Bonchev–Trinajstić information content (AvgIpc) is 2.37. The lowest BCUT2D eigenvalue weighted by molar-refractivity contribution is -0.116. The number of carbonyl (C=O) groups excluding carboxylic acids is 1. The molecule has 0 aliphatic rings. The second-order valence-electron chi connectivity index (χ2n) is 4.69. The van der Waals surface area contributed by atoms with E-state index in [1.165, 1.54) is 25.7 Å². The fourth-order valence-corrected chi connectivity index (χ4v) is 2.77. The highest BCUT2D eigenvalue weighted by Gasteiger charge is 2.05. The van der Waals surface area contributed by atoms with Gasteiger partial charge < -0.3 is 5.32 Å². The van der Waals surface area contributed by atoms with Crippen LogP contribution >= 0.6 is 34.2 Å². The van der Waals surface area contributed by atoms with Gasteiger partial charge in [-0.25, -0.2) is 0 Å². The molecule has 0 saturated heterocycles. The minimum atomic E-state index is 0.0543. The number of amides is 1. The molecule has 0 unspecified atom stereocenters. The monoisotopic (exact) mass is 393 g/mol. The van der Waals surface area contributed by atoms with Crippen LogP contribution in [-0.4, -0.2) is 5.91 Å². The summed E-state index contributed by atoms with van der Waals surface area (Å²) in [4.78, 5) is 11.8. The predicted molar refractivity (Wildman–Crippen MR) is 90.8 cm³/mol. The molecular formula is C15H21ClINO.